The molecule has 1 atom stereocenters. The maximum atomic E-state index is 9.07. The number of hydrogen-bond acceptors (Lipinski definition) is 5. The standard InChI is InChI=1S/C20H30N4OS/c25-11-10-24-9-5-20(21-24)18-4-3-8-23(14-18)15-19-12-17(16-26-19)13-22-6-1-2-7-22/h5,9,12,16,18,25H,1-4,6-8,10-11,13-15H2/t18-/m1/s1. The minimum atomic E-state index is 0.149. The molecule has 0 unspecified atom stereocenters. The van der Waals surface area contributed by atoms with E-state index in [1.165, 1.54) is 61.5 Å². The molecule has 0 aliphatic carbocycles. The lowest BCUT2D eigenvalue weighted by atomic mass is 9.95. The second-order valence-electron chi connectivity index (χ2n) is 7.71. The molecule has 4 heterocycles. The molecule has 0 spiro atoms. The molecular weight excluding hydrogens is 344 g/mol. The lowest BCUT2D eigenvalue weighted by molar-refractivity contribution is 0.199. The van der Waals surface area contributed by atoms with Crippen LogP contribution in [0.1, 0.15) is 47.7 Å². The molecule has 2 saturated heterocycles. The van der Waals surface area contributed by atoms with E-state index in [1.54, 1.807) is 0 Å². The number of likely N-dealkylation sites (tertiary alicyclic amines) is 2. The zero-order valence-corrected chi connectivity index (χ0v) is 16.3. The lowest BCUT2D eigenvalue weighted by Gasteiger charge is -2.31. The van der Waals surface area contributed by atoms with Gasteiger partial charge in [-0.05, 0) is 68.4 Å². The first-order valence-electron chi connectivity index (χ1n) is 9.95. The zero-order valence-electron chi connectivity index (χ0n) is 15.5. The van der Waals surface area contributed by atoms with Crippen molar-refractivity contribution in [1.82, 2.24) is 19.6 Å². The number of hydrogen-bond donors (Lipinski definition) is 1. The molecule has 0 amide bonds. The summed E-state index contributed by atoms with van der Waals surface area (Å²) in [4.78, 5) is 6.65. The minimum Gasteiger partial charge on any atom is -0.394 e. The Hall–Kier alpha value is -1.21. The number of rotatable bonds is 7. The highest BCUT2D eigenvalue weighted by molar-refractivity contribution is 7.10. The molecule has 1 N–H and O–H groups in total. The Kier molecular flexibility index (Phi) is 6.05. The van der Waals surface area contributed by atoms with Crippen molar-refractivity contribution in [2.24, 2.45) is 0 Å². The molecule has 4 rings (SSSR count). The van der Waals surface area contributed by atoms with Crippen LogP contribution in [-0.4, -0.2) is 57.5 Å². The predicted octanol–water partition coefficient (Wildman–Crippen LogP) is 2.91. The van der Waals surface area contributed by atoms with Gasteiger partial charge in [0, 0.05) is 36.6 Å². The lowest BCUT2D eigenvalue weighted by Crippen LogP contribution is -2.33. The molecular formula is C20H30N4OS. The highest BCUT2D eigenvalue weighted by Crippen LogP contribution is 2.28. The van der Waals surface area contributed by atoms with Crippen LogP contribution in [0.25, 0.3) is 0 Å². The van der Waals surface area contributed by atoms with E-state index in [4.69, 9.17) is 5.11 Å². The number of thiophene rings is 1. The van der Waals surface area contributed by atoms with Gasteiger partial charge in [0.1, 0.15) is 0 Å². The van der Waals surface area contributed by atoms with Gasteiger partial charge < -0.3 is 5.11 Å². The van der Waals surface area contributed by atoms with Crippen molar-refractivity contribution >= 4 is 11.3 Å². The molecule has 26 heavy (non-hydrogen) atoms. The van der Waals surface area contributed by atoms with Crippen molar-refractivity contribution in [3.8, 4) is 0 Å². The number of aliphatic hydroxyl groups is 1. The fourth-order valence-electron chi connectivity index (χ4n) is 4.27. The van der Waals surface area contributed by atoms with Gasteiger partial charge in [-0.3, -0.25) is 14.5 Å². The van der Waals surface area contributed by atoms with Crippen LogP contribution in [0.2, 0.25) is 0 Å². The quantitative estimate of drug-likeness (QED) is 0.809. The van der Waals surface area contributed by atoms with Crippen molar-refractivity contribution in [2.75, 3.05) is 32.8 Å². The molecule has 2 aliphatic rings. The van der Waals surface area contributed by atoms with Gasteiger partial charge in [0.2, 0.25) is 0 Å². The van der Waals surface area contributed by atoms with Crippen molar-refractivity contribution < 1.29 is 5.11 Å². The molecule has 0 aromatic carbocycles. The summed E-state index contributed by atoms with van der Waals surface area (Å²) in [6.45, 7) is 7.74. The van der Waals surface area contributed by atoms with Gasteiger partial charge in [0.05, 0.1) is 18.8 Å². The van der Waals surface area contributed by atoms with E-state index < -0.39 is 0 Å². The van der Waals surface area contributed by atoms with E-state index in [9.17, 15) is 0 Å². The van der Waals surface area contributed by atoms with Crippen LogP contribution in [0, 0.1) is 0 Å². The van der Waals surface area contributed by atoms with Crippen LogP contribution in [0.15, 0.2) is 23.7 Å². The predicted molar refractivity (Wildman–Crippen MR) is 105 cm³/mol. The van der Waals surface area contributed by atoms with Crippen LogP contribution >= 0.6 is 11.3 Å². The Labute approximate surface area is 160 Å². The topological polar surface area (TPSA) is 44.5 Å². The molecule has 2 aromatic rings. The fourth-order valence-corrected chi connectivity index (χ4v) is 5.20. The van der Waals surface area contributed by atoms with E-state index in [2.05, 4.69) is 32.4 Å². The molecule has 2 aliphatic heterocycles. The summed E-state index contributed by atoms with van der Waals surface area (Å²) >= 11 is 1.92. The minimum absolute atomic E-state index is 0.149. The summed E-state index contributed by atoms with van der Waals surface area (Å²) in [6, 6.07) is 4.55. The Morgan fingerprint density at radius 2 is 1.96 bits per heavy atom. The maximum Gasteiger partial charge on any atom is 0.0668 e. The van der Waals surface area contributed by atoms with Crippen LogP contribution in [0.5, 0.6) is 0 Å². The van der Waals surface area contributed by atoms with Crippen LogP contribution in [0.4, 0.5) is 0 Å². The zero-order chi connectivity index (χ0) is 17.8. The van der Waals surface area contributed by atoms with Gasteiger partial charge in [0.25, 0.3) is 0 Å². The third kappa shape index (κ3) is 4.55. The Morgan fingerprint density at radius 3 is 2.81 bits per heavy atom. The largest absolute Gasteiger partial charge is 0.394 e. The normalized spacial score (nSPS) is 22.3. The van der Waals surface area contributed by atoms with Gasteiger partial charge in [-0.2, -0.15) is 5.10 Å². The molecule has 5 nitrogen and oxygen atoms in total. The third-order valence-electron chi connectivity index (χ3n) is 5.61. The van der Waals surface area contributed by atoms with Gasteiger partial charge in [-0.25, -0.2) is 0 Å². The van der Waals surface area contributed by atoms with Crippen LogP contribution < -0.4 is 0 Å². The van der Waals surface area contributed by atoms with Crippen molar-refractivity contribution in [3.05, 3.63) is 39.8 Å². The molecule has 142 valence electrons. The number of aliphatic hydroxyl groups excluding tert-OH is 1. The number of aromatic nitrogens is 2. The summed E-state index contributed by atoms with van der Waals surface area (Å²) in [6.07, 6.45) is 7.18. The summed E-state index contributed by atoms with van der Waals surface area (Å²) in [5.41, 5.74) is 2.67. The van der Waals surface area contributed by atoms with Crippen molar-refractivity contribution in [3.63, 3.8) is 0 Å². The van der Waals surface area contributed by atoms with E-state index in [0.29, 0.717) is 12.5 Å². The number of nitrogens with zero attached hydrogens (tertiary/aromatic N) is 4. The highest BCUT2D eigenvalue weighted by atomic mass is 32.1. The van der Waals surface area contributed by atoms with E-state index in [-0.39, 0.29) is 6.61 Å². The Balaban J connectivity index is 1.32. The average molecular weight is 375 g/mol. The monoisotopic (exact) mass is 374 g/mol. The molecule has 2 fully saturated rings. The van der Waals surface area contributed by atoms with E-state index >= 15 is 0 Å². The maximum absolute atomic E-state index is 9.07. The fraction of sp³-hybridized carbons (Fsp3) is 0.650. The van der Waals surface area contributed by atoms with Gasteiger partial charge in [0.15, 0.2) is 0 Å². The summed E-state index contributed by atoms with van der Waals surface area (Å²) in [5.74, 6) is 0.521. The molecule has 0 radical (unpaired) electrons. The van der Waals surface area contributed by atoms with E-state index in [0.717, 1.165) is 19.6 Å². The Bertz CT molecular complexity index is 692. The second kappa shape index (κ2) is 8.65. The smallest absolute Gasteiger partial charge is 0.0668 e. The van der Waals surface area contributed by atoms with Crippen LogP contribution in [-0.2, 0) is 19.6 Å². The Morgan fingerprint density at radius 1 is 1.12 bits per heavy atom. The van der Waals surface area contributed by atoms with Crippen molar-refractivity contribution in [2.45, 2.75) is 51.2 Å². The molecule has 6 heteroatoms. The first-order valence-corrected chi connectivity index (χ1v) is 10.8. The first-order chi connectivity index (χ1) is 12.8. The molecule has 0 bridgehead atoms. The highest BCUT2D eigenvalue weighted by Gasteiger charge is 2.23. The summed E-state index contributed by atoms with van der Waals surface area (Å²) in [5, 5.41) is 16.1. The summed E-state index contributed by atoms with van der Waals surface area (Å²) < 4.78 is 1.86. The van der Waals surface area contributed by atoms with Gasteiger partial charge in [-0.15, -0.1) is 11.3 Å². The molecule has 2 aromatic heterocycles. The van der Waals surface area contributed by atoms with E-state index in [1.807, 2.05) is 22.2 Å². The summed E-state index contributed by atoms with van der Waals surface area (Å²) in [7, 11) is 0. The third-order valence-corrected chi connectivity index (χ3v) is 6.58. The number of piperidine rings is 1. The van der Waals surface area contributed by atoms with Crippen molar-refractivity contribution in [1.29, 1.82) is 0 Å². The van der Waals surface area contributed by atoms with Crippen LogP contribution in [0.3, 0.4) is 0 Å². The average Bonchev–Trinajstić information content (AvgIpc) is 3.39. The second-order valence-corrected chi connectivity index (χ2v) is 8.70. The SMILES string of the molecule is OCCn1ccc([C@@H]2CCCN(Cc3cc(CN4CCCC4)cs3)C2)n1. The molecule has 0 saturated carbocycles. The first kappa shape index (κ1) is 18.2. The van der Waals surface area contributed by atoms with Gasteiger partial charge in [-0.1, -0.05) is 0 Å². The van der Waals surface area contributed by atoms with Gasteiger partial charge >= 0.3 is 0 Å².